The average molecular weight is 412 g/mol. The molecule has 23 heavy (non-hydrogen) atoms. The first kappa shape index (κ1) is 16.0. The Morgan fingerprint density at radius 1 is 1.13 bits per heavy atom. The number of carbonyl (C=O) groups excluding carboxylic acids is 1. The molecule has 0 aliphatic rings. The van der Waals surface area contributed by atoms with Crippen LogP contribution in [0.5, 0.6) is 0 Å². The largest absolute Gasteiger partial charge is 0.305 e. The number of anilines is 1. The second kappa shape index (κ2) is 6.70. The van der Waals surface area contributed by atoms with Crippen molar-refractivity contribution < 1.29 is 4.79 Å². The van der Waals surface area contributed by atoms with Crippen molar-refractivity contribution in [3.05, 3.63) is 62.8 Å². The molecular weight excluding hydrogens is 403 g/mol. The predicted molar refractivity (Wildman–Crippen MR) is 93.9 cm³/mol. The smallest absolute Gasteiger partial charge is 0.274 e. The number of aromatic amines is 1. The van der Waals surface area contributed by atoms with E-state index in [-0.39, 0.29) is 5.91 Å². The molecule has 8 heteroatoms. The number of amides is 1. The molecule has 1 aromatic carbocycles. The van der Waals surface area contributed by atoms with E-state index < -0.39 is 0 Å². The molecular formula is C15H9BrCl2N4O. The molecule has 0 bridgehead atoms. The first-order valence-corrected chi connectivity index (χ1v) is 8.01. The van der Waals surface area contributed by atoms with E-state index in [1.54, 1.807) is 42.6 Å². The van der Waals surface area contributed by atoms with Gasteiger partial charge in [0.1, 0.15) is 11.5 Å². The number of aromatic nitrogens is 3. The molecule has 0 unspecified atom stereocenters. The molecule has 2 aromatic heterocycles. The average Bonchev–Trinajstić information content (AvgIpc) is 3.02. The zero-order valence-corrected chi connectivity index (χ0v) is 14.6. The lowest BCUT2D eigenvalue weighted by Crippen LogP contribution is -2.13. The van der Waals surface area contributed by atoms with Gasteiger partial charge in [-0.3, -0.25) is 9.89 Å². The summed E-state index contributed by atoms with van der Waals surface area (Å²) < 4.78 is 0.832. The van der Waals surface area contributed by atoms with Gasteiger partial charge in [0.2, 0.25) is 0 Å². The van der Waals surface area contributed by atoms with Crippen LogP contribution in [0, 0.1) is 0 Å². The first-order valence-electron chi connectivity index (χ1n) is 6.46. The third kappa shape index (κ3) is 3.72. The fraction of sp³-hybridized carbons (Fsp3) is 0. The van der Waals surface area contributed by atoms with Crippen molar-refractivity contribution in [1.82, 2.24) is 15.2 Å². The number of benzene rings is 1. The van der Waals surface area contributed by atoms with E-state index >= 15 is 0 Å². The van der Waals surface area contributed by atoms with Crippen LogP contribution in [0.1, 0.15) is 10.5 Å². The number of nitrogens with one attached hydrogen (secondary N) is 2. The van der Waals surface area contributed by atoms with Gasteiger partial charge in [-0.25, -0.2) is 4.98 Å². The van der Waals surface area contributed by atoms with Crippen molar-refractivity contribution in [3.8, 4) is 11.3 Å². The van der Waals surface area contributed by atoms with E-state index in [0.29, 0.717) is 27.3 Å². The van der Waals surface area contributed by atoms with Gasteiger partial charge in [0, 0.05) is 16.2 Å². The Balaban J connectivity index is 1.79. The number of halogens is 3. The Hall–Kier alpha value is -1.89. The van der Waals surface area contributed by atoms with E-state index in [2.05, 4.69) is 36.4 Å². The number of nitrogens with zero attached hydrogens (tertiary/aromatic N) is 2. The van der Waals surface area contributed by atoms with Crippen LogP contribution in [-0.4, -0.2) is 21.1 Å². The number of rotatable bonds is 3. The van der Waals surface area contributed by atoms with Crippen molar-refractivity contribution in [2.45, 2.75) is 0 Å². The van der Waals surface area contributed by atoms with Crippen LogP contribution < -0.4 is 5.32 Å². The van der Waals surface area contributed by atoms with E-state index in [0.717, 1.165) is 10.0 Å². The van der Waals surface area contributed by atoms with Crippen LogP contribution in [-0.2, 0) is 0 Å². The number of hydrogen-bond acceptors (Lipinski definition) is 3. The summed E-state index contributed by atoms with van der Waals surface area (Å²) in [4.78, 5) is 16.3. The lowest BCUT2D eigenvalue weighted by Gasteiger charge is -2.01. The van der Waals surface area contributed by atoms with Crippen molar-refractivity contribution in [2.24, 2.45) is 0 Å². The highest BCUT2D eigenvalue weighted by atomic mass is 79.9. The fourth-order valence-electron chi connectivity index (χ4n) is 1.87. The van der Waals surface area contributed by atoms with Crippen molar-refractivity contribution >= 4 is 50.9 Å². The zero-order chi connectivity index (χ0) is 16.4. The standard InChI is InChI=1S/C15H9BrCl2N4O/c16-9-2-4-14(19-7-9)20-15(23)13-6-12(21-22-13)8-1-3-10(17)11(18)5-8/h1-7H,(H,21,22)(H,19,20,23). The minimum atomic E-state index is -0.335. The Morgan fingerprint density at radius 2 is 1.96 bits per heavy atom. The van der Waals surface area contributed by atoms with Gasteiger partial charge >= 0.3 is 0 Å². The molecule has 0 atom stereocenters. The molecule has 2 heterocycles. The number of H-pyrrole nitrogens is 1. The molecule has 0 aliphatic heterocycles. The van der Waals surface area contributed by atoms with Gasteiger partial charge in [-0.1, -0.05) is 29.3 Å². The Bertz CT molecular complexity index is 864. The fourth-order valence-corrected chi connectivity index (χ4v) is 2.41. The predicted octanol–water partition coefficient (Wildman–Crippen LogP) is 4.79. The summed E-state index contributed by atoms with van der Waals surface area (Å²) in [5, 5.41) is 10.4. The Labute approximate surface area is 150 Å². The van der Waals surface area contributed by atoms with E-state index in [1.807, 2.05) is 0 Å². The van der Waals surface area contributed by atoms with Crippen molar-refractivity contribution in [3.63, 3.8) is 0 Å². The molecule has 0 aliphatic carbocycles. The van der Waals surface area contributed by atoms with Gasteiger partial charge in [0.25, 0.3) is 5.91 Å². The lowest BCUT2D eigenvalue weighted by molar-refractivity contribution is 0.102. The maximum atomic E-state index is 12.2. The third-order valence-corrected chi connectivity index (χ3v) is 4.21. The quantitative estimate of drug-likeness (QED) is 0.650. The number of pyridine rings is 1. The number of hydrogen-bond donors (Lipinski definition) is 2. The SMILES string of the molecule is O=C(Nc1ccc(Br)cn1)c1cc(-c2ccc(Cl)c(Cl)c2)n[nH]1. The maximum absolute atomic E-state index is 12.2. The minimum Gasteiger partial charge on any atom is -0.305 e. The summed E-state index contributed by atoms with van der Waals surface area (Å²) in [6, 6.07) is 10.3. The molecule has 5 nitrogen and oxygen atoms in total. The van der Waals surface area contributed by atoms with Crippen LogP contribution in [0.3, 0.4) is 0 Å². The van der Waals surface area contributed by atoms with E-state index in [4.69, 9.17) is 23.2 Å². The van der Waals surface area contributed by atoms with Crippen molar-refractivity contribution in [2.75, 3.05) is 5.32 Å². The van der Waals surface area contributed by atoms with Crippen LogP contribution in [0.2, 0.25) is 10.0 Å². The van der Waals surface area contributed by atoms with Gasteiger partial charge in [-0.05, 0) is 46.3 Å². The van der Waals surface area contributed by atoms with Crippen LogP contribution in [0.4, 0.5) is 5.82 Å². The molecule has 0 radical (unpaired) electrons. The molecule has 0 spiro atoms. The molecule has 116 valence electrons. The topological polar surface area (TPSA) is 70.7 Å². The van der Waals surface area contributed by atoms with E-state index in [1.165, 1.54) is 0 Å². The summed E-state index contributed by atoms with van der Waals surface area (Å²) in [6.45, 7) is 0. The van der Waals surface area contributed by atoms with Gasteiger partial charge in [0.05, 0.1) is 15.7 Å². The highest BCUT2D eigenvalue weighted by Crippen LogP contribution is 2.27. The third-order valence-electron chi connectivity index (χ3n) is 3.01. The monoisotopic (exact) mass is 410 g/mol. The van der Waals surface area contributed by atoms with E-state index in [9.17, 15) is 4.79 Å². The Kier molecular flexibility index (Phi) is 4.66. The summed E-state index contributed by atoms with van der Waals surface area (Å²) in [7, 11) is 0. The molecule has 0 saturated heterocycles. The van der Waals surface area contributed by atoms with Gasteiger partial charge in [0.15, 0.2) is 0 Å². The summed E-state index contributed by atoms with van der Waals surface area (Å²) in [5.41, 5.74) is 1.67. The zero-order valence-electron chi connectivity index (χ0n) is 11.5. The van der Waals surface area contributed by atoms with Crippen LogP contribution in [0.25, 0.3) is 11.3 Å². The summed E-state index contributed by atoms with van der Waals surface area (Å²) in [6.07, 6.45) is 1.60. The molecule has 2 N–H and O–H groups in total. The minimum absolute atomic E-state index is 0.316. The maximum Gasteiger partial charge on any atom is 0.274 e. The summed E-state index contributed by atoms with van der Waals surface area (Å²) in [5.74, 6) is 0.113. The van der Waals surface area contributed by atoms with Crippen LogP contribution in [0.15, 0.2) is 47.1 Å². The number of carbonyl (C=O) groups is 1. The highest BCUT2D eigenvalue weighted by Gasteiger charge is 2.12. The molecule has 0 fully saturated rings. The lowest BCUT2D eigenvalue weighted by atomic mass is 10.1. The first-order chi connectivity index (χ1) is 11.0. The van der Waals surface area contributed by atoms with Crippen LogP contribution >= 0.6 is 39.1 Å². The molecule has 1 amide bonds. The summed E-state index contributed by atoms with van der Waals surface area (Å²) >= 11 is 15.2. The normalized spacial score (nSPS) is 10.6. The van der Waals surface area contributed by atoms with Gasteiger partial charge in [-0.2, -0.15) is 5.10 Å². The highest BCUT2D eigenvalue weighted by molar-refractivity contribution is 9.10. The molecule has 0 saturated carbocycles. The Morgan fingerprint density at radius 3 is 2.65 bits per heavy atom. The van der Waals surface area contributed by atoms with Crippen molar-refractivity contribution in [1.29, 1.82) is 0 Å². The van der Waals surface area contributed by atoms with Gasteiger partial charge in [-0.15, -0.1) is 0 Å². The molecule has 3 rings (SSSR count). The molecule has 3 aromatic rings. The second-order valence-corrected chi connectivity index (χ2v) is 6.34. The van der Waals surface area contributed by atoms with Gasteiger partial charge < -0.3 is 5.32 Å². The second-order valence-electron chi connectivity index (χ2n) is 4.61.